The van der Waals surface area contributed by atoms with Gasteiger partial charge in [0.1, 0.15) is 0 Å². The molecule has 0 bridgehead atoms. The lowest BCUT2D eigenvalue weighted by atomic mass is 9.77. The van der Waals surface area contributed by atoms with Crippen LogP contribution in [0.5, 0.6) is 0 Å². The first-order valence-electron chi connectivity index (χ1n) is 30.1. The van der Waals surface area contributed by atoms with E-state index >= 15 is 0 Å². The van der Waals surface area contributed by atoms with E-state index in [2.05, 4.69) is 331 Å². The average Bonchev–Trinajstić information content (AvgIpc) is 2.13. The largest absolute Gasteiger partial charge is 0.310 e. The molecule has 9 aromatic carbocycles. The number of rotatable bonds is 8. The van der Waals surface area contributed by atoms with Crippen LogP contribution >= 0.6 is 0 Å². The van der Waals surface area contributed by atoms with Crippen LogP contribution in [0.3, 0.4) is 0 Å². The van der Waals surface area contributed by atoms with Gasteiger partial charge in [0.15, 0.2) is 0 Å². The molecule has 1 nitrogen and oxygen atoms in total. The van der Waals surface area contributed by atoms with Crippen molar-refractivity contribution in [2.24, 2.45) is 0 Å². The Labute approximate surface area is 494 Å². The van der Waals surface area contributed by atoms with Crippen molar-refractivity contribution in [3.8, 4) is 66.8 Å². The SMILES string of the molecule is CC(C)(C)c1ccc(-c2cccc(N(c3ccc4c(c3)C(C)(C)c3ccccc3-4)c3cc(C(C)(C)C)cc(-c4cc(-c5cc(-c6cc(C(C)(C)C)cc(C(C)(C)C)c6)cc(C(C)(C)C)c5)cc(C(C)(C)C)c4)c3-c3ccccc3)c2)cc1. The first-order chi connectivity index (χ1) is 38.2. The zero-order valence-corrected chi connectivity index (χ0v) is 53.3. The molecule has 0 aromatic heterocycles. The summed E-state index contributed by atoms with van der Waals surface area (Å²) in [5.41, 5.74) is 28.3. The number of benzene rings is 9. The quantitative estimate of drug-likeness (QED) is 0.147. The van der Waals surface area contributed by atoms with Crippen LogP contribution in [0.4, 0.5) is 17.1 Å². The number of hydrogen-bond acceptors (Lipinski definition) is 1. The molecule has 0 fully saturated rings. The van der Waals surface area contributed by atoms with Crippen LogP contribution in [0.2, 0.25) is 0 Å². The molecular weight excluding hydrogens is 987 g/mol. The van der Waals surface area contributed by atoms with Crippen LogP contribution in [0.1, 0.15) is 183 Å². The summed E-state index contributed by atoms with van der Waals surface area (Å²) in [6.07, 6.45) is 0. The van der Waals surface area contributed by atoms with Crippen LogP contribution in [0.25, 0.3) is 66.8 Å². The zero-order valence-electron chi connectivity index (χ0n) is 53.3. The van der Waals surface area contributed by atoms with Gasteiger partial charge in [-0.2, -0.15) is 0 Å². The number of hydrogen-bond donors (Lipinski definition) is 0. The second kappa shape index (κ2) is 20.6. The maximum Gasteiger partial charge on any atom is 0.0549 e. The van der Waals surface area contributed by atoms with Crippen molar-refractivity contribution >= 4 is 17.1 Å². The monoisotopic (exact) mass is 1080 g/mol. The zero-order chi connectivity index (χ0) is 59.3. The van der Waals surface area contributed by atoms with Gasteiger partial charge in [-0.25, -0.2) is 0 Å². The van der Waals surface area contributed by atoms with Crippen LogP contribution in [-0.4, -0.2) is 0 Å². The number of nitrogens with zero attached hydrogens (tertiary/aromatic N) is 1. The van der Waals surface area contributed by atoms with E-state index in [-0.39, 0.29) is 37.9 Å². The van der Waals surface area contributed by atoms with E-state index in [0.29, 0.717) is 0 Å². The molecule has 0 atom stereocenters. The maximum atomic E-state index is 2.58. The Balaban J connectivity index is 1.28. The molecule has 0 spiro atoms. The van der Waals surface area contributed by atoms with Gasteiger partial charge < -0.3 is 4.90 Å². The minimum Gasteiger partial charge on any atom is -0.310 e. The molecule has 420 valence electrons. The molecule has 0 aliphatic heterocycles. The summed E-state index contributed by atoms with van der Waals surface area (Å²) >= 11 is 0. The van der Waals surface area contributed by atoms with Crippen molar-refractivity contribution in [1.82, 2.24) is 0 Å². The first kappa shape index (κ1) is 58.0. The fourth-order valence-electron chi connectivity index (χ4n) is 12.1. The van der Waals surface area contributed by atoms with Gasteiger partial charge in [0.2, 0.25) is 0 Å². The Morgan fingerprint density at radius 3 is 1.22 bits per heavy atom. The third-order valence-corrected chi connectivity index (χ3v) is 17.5. The van der Waals surface area contributed by atoms with E-state index in [4.69, 9.17) is 0 Å². The summed E-state index contributed by atoms with van der Waals surface area (Å²) in [7, 11) is 0. The van der Waals surface area contributed by atoms with Gasteiger partial charge >= 0.3 is 0 Å². The lowest BCUT2D eigenvalue weighted by molar-refractivity contribution is 0.569. The van der Waals surface area contributed by atoms with Crippen molar-refractivity contribution in [2.75, 3.05) is 4.90 Å². The minimum absolute atomic E-state index is 0.00688. The molecule has 82 heavy (non-hydrogen) atoms. The highest BCUT2D eigenvalue weighted by molar-refractivity contribution is 5.99. The normalized spacial score (nSPS) is 13.7. The molecule has 1 heteroatoms. The van der Waals surface area contributed by atoms with Crippen LogP contribution < -0.4 is 4.90 Å². The molecule has 0 N–H and O–H groups in total. The van der Waals surface area contributed by atoms with Crippen LogP contribution in [0, 0.1) is 0 Å². The third kappa shape index (κ3) is 11.5. The summed E-state index contributed by atoms with van der Waals surface area (Å²) in [5, 5.41) is 0. The Kier molecular flexibility index (Phi) is 14.6. The molecule has 0 radical (unpaired) electrons. The Morgan fingerprint density at radius 1 is 0.256 bits per heavy atom. The summed E-state index contributed by atoms with van der Waals surface area (Å²) in [6.45, 7) is 47.0. The summed E-state index contributed by atoms with van der Waals surface area (Å²) in [6, 6.07) is 73.2. The van der Waals surface area contributed by atoms with Gasteiger partial charge in [-0.15, -0.1) is 0 Å². The van der Waals surface area contributed by atoms with E-state index in [1.165, 1.54) is 111 Å². The van der Waals surface area contributed by atoms with Gasteiger partial charge in [-0.3, -0.25) is 0 Å². The Morgan fingerprint density at radius 2 is 0.683 bits per heavy atom. The molecular formula is C81H91N. The van der Waals surface area contributed by atoms with Crippen LogP contribution in [-0.2, 0) is 37.9 Å². The highest BCUT2D eigenvalue weighted by Gasteiger charge is 2.37. The third-order valence-electron chi connectivity index (χ3n) is 17.5. The summed E-state index contributed by atoms with van der Waals surface area (Å²) in [4.78, 5) is 2.58. The first-order valence-corrected chi connectivity index (χ1v) is 30.1. The molecule has 9 aromatic rings. The fraction of sp³-hybridized carbons (Fsp3) is 0.333. The molecule has 0 unspecified atom stereocenters. The van der Waals surface area contributed by atoms with Crippen molar-refractivity contribution in [3.63, 3.8) is 0 Å². The Bertz CT molecular complexity index is 3820. The second-order valence-electron chi connectivity index (χ2n) is 30.5. The topological polar surface area (TPSA) is 3.24 Å². The molecule has 0 amide bonds. The van der Waals surface area contributed by atoms with E-state index < -0.39 is 0 Å². The maximum absolute atomic E-state index is 2.58. The van der Waals surface area contributed by atoms with Gasteiger partial charge in [-0.1, -0.05) is 278 Å². The van der Waals surface area contributed by atoms with Crippen molar-refractivity contribution in [3.05, 3.63) is 233 Å². The standard InChI is InChI=1S/C81H91N/c1-75(2,3)60-35-33-52(34-36-60)54-29-26-30-66(47-54)82(67-37-38-69-68-31-24-25-32-71(68)81(19,20)72(69)51-67)73-50-65(80(16,17)18)49-70(74(73)53-27-22-21-23-28-53)59-40-57(43-62(46-59)77(7,8)9)55-39-56(42-61(41-55)76(4,5)6)58-44-63(78(10,11)12)48-64(45-58)79(13,14)15/h21-51H,1-20H3. The second-order valence-corrected chi connectivity index (χ2v) is 30.5. The van der Waals surface area contributed by atoms with E-state index in [1.807, 2.05) is 0 Å². The highest BCUT2D eigenvalue weighted by atomic mass is 15.1. The molecule has 0 saturated heterocycles. The van der Waals surface area contributed by atoms with Gasteiger partial charge in [0, 0.05) is 22.4 Å². The lowest BCUT2D eigenvalue weighted by Gasteiger charge is -2.33. The molecule has 1 aliphatic carbocycles. The van der Waals surface area contributed by atoms with Gasteiger partial charge in [0.25, 0.3) is 0 Å². The van der Waals surface area contributed by atoms with Crippen molar-refractivity contribution < 1.29 is 0 Å². The van der Waals surface area contributed by atoms with E-state index in [0.717, 1.165) is 17.1 Å². The average molecular weight is 1080 g/mol. The van der Waals surface area contributed by atoms with Gasteiger partial charge in [0.05, 0.1) is 5.69 Å². The molecule has 0 saturated carbocycles. The van der Waals surface area contributed by atoms with Crippen molar-refractivity contribution in [1.29, 1.82) is 0 Å². The minimum atomic E-state index is -0.198. The van der Waals surface area contributed by atoms with Crippen molar-refractivity contribution in [2.45, 2.75) is 176 Å². The summed E-state index contributed by atoms with van der Waals surface area (Å²) in [5.74, 6) is 0. The highest BCUT2D eigenvalue weighted by Crippen LogP contribution is 2.54. The Hall–Kier alpha value is -7.22. The molecule has 1 aliphatic rings. The number of anilines is 3. The predicted molar refractivity (Wildman–Crippen MR) is 358 cm³/mol. The van der Waals surface area contributed by atoms with Crippen LogP contribution in [0.15, 0.2) is 188 Å². The van der Waals surface area contributed by atoms with E-state index in [1.54, 1.807) is 0 Å². The van der Waals surface area contributed by atoms with E-state index in [9.17, 15) is 0 Å². The van der Waals surface area contributed by atoms with Gasteiger partial charge in [-0.05, 0) is 187 Å². The molecule has 0 heterocycles. The fourth-order valence-corrected chi connectivity index (χ4v) is 12.1. The lowest BCUT2D eigenvalue weighted by Crippen LogP contribution is -2.18. The molecule has 10 rings (SSSR count). The predicted octanol–water partition coefficient (Wildman–Crippen LogP) is 23.6. The summed E-state index contributed by atoms with van der Waals surface area (Å²) < 4.78 is 0. The smallest absolute Gasteiger partial charge is 0.0549 e. The number of fused-ring (bicyclic) bond motifs is 3.